The SMILES string of the molecule is COC(=O)C[C@@H]1CC(c2ccccc2)(c2ccccc2)N(S(=O)(=O)c2ccc(C)cc2)C1=O. The topological polar surface area (TPSA) is 80.8 Å². The number of methoxy groups -OCH3 is 1. The second-order valence-electron chi connectivity index (χ2n) is 8.19. The average Bonchev–Trinajstić information content (AvgIpc) is 3.14. The van der Waals surface area contributed by atoms with E-state index in [2.05, 4.69) is 0 Å². The number of nitrogens with zero attached hydrogens (tertiary/aromatic N) is 1. The van der Waals surface area contributed by atoms with E-state index in [1.807, 2.05) is 67.6 Å². The second-order valence-corrected chi connectivity index (χ2v) is 9.98. The molecule has 0 N–H and O–H groups in total. The molecule has 0 radical (unpaired) electrons. The highest BCUT2D eigenvalue weighted by molar-refractivity contribution is 7.89. The number of rotatable bonds is 6. The molecule has 0 spiro atoms. The number of sulfonamides is 1. The molecule has 1 aliphatic heterocycles. The normalized spacial score (nSPS) is 17.7. The molecule has 33 heavy (non-hydrogen) atoms. The van der Waals surface area contributed by atoms with Gasteiger partial charge in [0, 0.05) is 0 Å². The molecule has 1 saturated heterocycles. The molecule has 7 heteroatoms. The highest BCUT2D eigenvalue weighted by Crippen LogP contribution is 2.50. The maximum atomic E-state index is 14.0. The summed E-state index contributed by atoms with van der Waals surface area (Å²) in [4.78, 5) is 25.9. The summed E-state index contributed by atoms with van der Waals surface area (Å²) in [6.45, 7) is 1.86. The van der Waals surface area contributed by atoms with E-state index >= 15 is 0 Å². The van der Waals surface area contributed by atoms with Crippen LogP contribution in [-0.2, 0) is 29.9 Å². The Labute approximate surface area is 193 Å². The molecule has 3 aromatic rings. The Kier molecular flexibility index (Phi) is 6.08. The zero-order valence-corrected chi connectivity index (χ0v) is 19.3. The molecule has 3 aromatic carbocycles. The van der Waals surface area contributed by atoms with Gasteiger partial charge in [0.15, 0.2) is 0 Å². The predicted octanol–water partition coefficient (Wildman–Crippen LogP) is 4.04. The van der Waals surface area contributed by atoms with Crippen molar-refractivity contribution in [2.75, 3.05) is 7.11 Å². The number of ether oxygens (including phenoxy) is 1. The van der Waals surface area contributed by atoms with Gasteiger partial charge >= 0.3 is 5.97 Å². The minimum Gasteiger partial charge on any atom is -0.469 e. The zero-order chi connectivity index (χ0) is 23.6. The molecule has 1 atom stereocenters. The first-order valence-corrected chi connectivity index (χ1v) is 12.1. The van der Waals surface area contributed by atoms with Crippen molar-refractivity contribution in [3.8, 4) is 0 Å². The molecule has 0 unspecified atom stereocenters. The largest absolute Gasteiger partial charge is 0.469 e. The third kappa shape index (κ3) is 3.93. The summed E-state index contributed by atoms with van der Waals surface area (Å²) in [5.74, 6) is -2.02. The van der Waals surface area contributed by atoms with Gasteiger partial charge in [0.1, 0.15) is 5.54 Å². The van der Waals surface area contributed by atoms with Crippen molar-refractivity contribution in [2.45, 2.75) is 30.2 Å². The summed E-state index contributed by atoms with van der Waals surface area (Å²) in [5, 5.41) is 0. The lowest BCUT2D eigenvalue weighted by molar-refractivity contribution is -0.144. The second kappa shape index (κ2) is 8.83. The minimum absolute atomic E-state index is 0.0244. The van der Waals surface area contributed by atoms with Gasteiger partial charge < -0.3 is 4.74 Å². The van der Waals surface area contributed by atoms with Crippen LogP contribution in [0.1, 0.15) is 29.5 Å². The van der Waals surface area contributed by atoms with E-state index < -0.39 is 33.4 Å². The van der Waals surface area contributed by atoms with Crippen LogP contribution < -0.4 is 0 Å². The van der Waals surface area contributed by atoms with Crippen molar-refractivity contribution in [1.82, 2.24) is 4.31 Å². The highest BCUT2D eigenvalue weighted by atomic mass is 32.2. The van der Waals surface area contributed by atoms with E-state index in [1.165, 1.54) is 19.2 Å². The molecular weight excluding hydrogens is 438 g/mol. The van der Waals surface area contributed by atoms with Crippen LogP contribution in [0.3, 0.4) is 0 Å². The Morgan fingerprint density at radius 3 is 1.94 bits per heavy atom. The number of hydrogen-bond acceptors (Lipinski definition) is 5. The van der Waals surface area contributed by atoms with Crippen LogP contribution in [0, 0.1) is 12.8 Å². The summed E-state index contributed by atoms with van der Waals surface area (Å²) in [5.41, 5.74) is 0.921. The standard InChI is InChI=1S/C26H25NO5S/c1-19-13-15-23(16-14-19)33(30,31)27-25(29)20(17-24(28)32-2)18-26(27,21-9-5-3-6-10-21)22-11-7-4-8-12-22/h3-16,20H,17-18H2,1-2H3/t20-/m1/s1. The monoisotopic (exact) mass is 463 g/mol. The van der Waals surface area contributed by atoms with Gasteiger partial charge in [-0.3, -0.25) is 9.59 Å². The average molecular weight is 464 g/mol. The van der Waals surface area contributed by atoms with Crippen LogP contribution in [0.2, 0.25) is 0 Å². The first-order chi connectivity index (χ1) is 15.8. The van der Waals surface area contributed by atoms with Gasteiger partial charge in [-0.1, -0.05) is 78.4 Å². The van der Waals surface area contributed by atoms with Gasteiger partial charge in [-0.2, -0.15) is 0 Å². The fraction of sp³-hybridized carbons (Fsp3) is 0.231. The maximum absolute atomic E-state index is 14.0. The molecule has 170 valence electrons. The van der Waals surface area contributed by atoms with Gasteiger partial charge in [0.2, 0.25) is 5.91 Å². The lowest BCUT2D eigenvalue weighted by atomic mass is 9.79. The van der Waals surface area contributed by atoms with Gasteiger partial charge in [0.05, 0.1) is 24.3 Å². The van der Waals surface area contributed by atoms with Crippen molar-refractivity contribution < 1.29 is 22.7 Å². The first kappa shape index (κ1) is 22.7. The van der Waals surface area contributed by atoms with Crippen LogP contribution >= 0.6 is 0 Å². The maximum Gasteiger partial charge on any atom is 0.306 e. The van der Waals surface area contributed by atoms with E-state index in [0.717, 1.165) is 9.87 Å². The molecular formula is C26H25NO5S. The third-order valence-electron chi connectivity index (χ3n) is 6.14. The van der Waals surface area contributed by atoms with Crippen LogP contribution in [0.5, 0.6) is 0 Å². The molecule has 1 aliphatic rings. The highest BCUT2D eigenvalue weighted by Gasteiger charge is 2.58. The van der Waals surface area contributed by atoms with Gasteiger partial charge in [0.25, 0.3) is 10.0 Å². The molecule has 1 amide bonds. The number of carbonyl (C=O) groups excluding carboxylic acids is 2. The fourth-order valence-corrected chi connectivity index (χ4v) is 6.30. The summed E-state index contributed by atoms with van der Waals surface area (Å²) in [6.07, 6.45) is -0.0727. The Bertz CT molecular complexity index is 1220. The van der Waals surface area contributed by atoms with Crippen molar-refractivity contribution in [3.63, 3.8) is 0 Å². The van der Waals surface area contributed by atoms with Gasteiger partial charge in [-0.05, 0) is 36.6 Å². The van der Waals surface area contributed by atoms with Gasteiger partial charge in [-0.25, -0.2) is 12.7 Å². The molecule has 0 bridgehead atoms. The number of benzene rings is 3. The van der Waals surface area contributed by atoms with Crippen molar-refractivity contribution in [3.05, 3.63) is 102 Å². The van der Waals surface area contributed by atoms with Crippen molar-refractivity contribution in [1.29, 1.82) is 0 Å². The van der Waals surface area contributed by atoms with E-state index in [0.29, 0.717) is 11.1 Å². The van der Waals surface area contributed by atoms with Crippen LogP contribution in [-0.4, -0.2) is 31.7 Å². The number of esters is 1. The number of aryl methyl sites for hydroxylation is 1. The molecule has 6 nitrogen and oxygen atoms in total. The van der Waals surface area contributed by atoms with E-state index in [1.54, 1.807) is 12.1 Å². The fourth-order valence-electron chi connectivity index (χ4n) is 4.53. The summed E-state index contributed by atoms with van der Waals surface area (Å²) < 4.78 is 33.8. The number of amides is 1. The molecule has 4 rings (SSSR count). The molecule has 1 heterocycles. The predicted molar refractivity (Wildman–Crippen MR) is 124 cm³/mol. The van der Waals surface area contributed by atoms with Crippen molar-refractivity contribution in [2.24, 2.45) is 5.92 Å². The molecule has 0 aliphatic carbocycles. The van der Waals surface area contributed by atoms with Crippen molar-refractivity contribution >= 4 is 21.9 Å². The van der Waals surface area contributed by atoms with Crippen LogP contribution in [0.4, 0.5) is 0 Å². The van der Waals surface area contributed by atoms with E-state index in [9.17, 15) is 18.0 Å². The van der Waals surface area contributed by atoms with E-state index in [-0.39, 0.29) is 17.7 Å². The Balaban J connectivity index is 1.99. The summed E-state index contributed by atoms with van der Waals surface area (Å²) in [7, 11) is -3.00. The Morgan fingerprint density at radius 2 is 1.45 bits per heavy atom. The summed E-state index contributed by atoms with van der Waals surface area (Å²) in [6, 6.07) is 24.6. The third-order valence-corrected chi connectivity index (χ3v) is 7.98. The lowest BCUT2D eigenvalue weighted by Crippen LogP contribution is -2.48. The minimum atomic E-state index is -4.25. The molecule has 1 fully saturated rings. The van der Waals surface area contributed by atoms with Gasteiger partial charge in [-0.15, -0.1) is 0 Å². The Morgan fingerprint density at radius 1 is 0.939 bits per heavy atom. The molecule has 0 aromatic heterocycles. The van der Waals surface area contributed by atoms with Crippen LogP contribution in [0.25, 0.3) is 0 Å². The smallest absolute Gasteiger partial charge is 0.306 e. The summed E-state index contributed by atoms with van der Waals surface area (Å²) >= 11 is 0. The van der Waals surface area contributed by atoms with Crippen LogP contribution in [0.15, 0.2) is 89.8 Å². The molecule has 0 saturated carbocycles. The quantitative estimate of drug-likeness (QED) is 0.516. The lowest BCUT2D eigenvalue weighted by Gasteiger charge is -2.38. The first-order valence-electron chi connectivity index (χ1n) is 10.6. The number of carbonyl (C=O) groups is 2. The number of hydrogen-bond donors (Lipinski definition) is 0. The van der Waals surface area contributed by atoms with E-state index in [4.69, 9.17) is 4.74 Å². The zero-order valence-electron chi connectivity index (χ0n) is 18.5. The Hall–Kier alpha value is -3.45.